The van der Waals surface area contributed by atoms with Gasteiger partial charge in [0.25, 0.3) is 11.8 Å². The summed E-state index contributed by atoms with van der Waals surface area (Å²) in [7, 11) is 0. The fourth-order valence-electron chi connectivity index (χ4n) is 1.60. The number of amides is 2. The first-order chi connectivity index (χ1) is 7.91. The van der Waals surface area contributed by atoms with Crippen LogP contribution < -0.4 is 0 Å². The highest BCUT2D eigenvalue weighted by atomic mass is 79.9. The van der Waals surface area contributed by atoms with Crippen LogP contribution in [0.3, 0.4) is 0 Å². The van der Waals surface area contributed by atoms with Crippen LogP contribution in [0.1, 0.15) is 20.7 Å². The van der Waals surface area contributed by atoms with Gasteiger partial charge >= 0.3 is 0 Å². The molecular formula is C10H4Br4NO2. The third-order valence-corrected chi connectivity index (χ3v) is 7.18. The predicted octanol–water partition coefficient (Wildman–Crippen LogP) is 4.17. The monoisotopic (exact) mass is 486 g/mol. The molecule has 0 spiro atoms. The first-order valence-electron chi connectivity index (χ1n) is 4.43. The second kappa shape index (κ2) is 4.75. The van der Waals surface area contributed by atoms with E-state index in [0.717, 1.165) is 4.90 Å². The number of rotatable bonds is 1. The van der Waals surface area contributed by atoms with Gasteiger partial charge in [0.1, 0.15) is 0 Å². The van der Waals surface area contributed by atoms with Gasteiger partial charge in [-0.1, -0.05) is 0 Å². The van der Waals surface area contributed by atoms with Gasteiger partial charge in [0.05, 0.1) is 11.1 Å². The molecule has 1 aromatic rings. The smallest absolute Gasteiger partial charge is 0.262 e. The van der Waals surface area contributed by atoms with E-state index >= 15 is 0 Å². The molecule has 0 atom stereocenters. The molecule has 2 amide bonds. The summed E-state index contributed by atoms with van der Waals surface area (Å²) in [4.78, 5) is 25.2. The van der Waals surface area contributed by atoms with E-state index in [-0.39, 0.29) is 18.4 Å². The first-order valence-corrected chi connectivity index (χ1v) is 7.60. The van der Waals surface area contributed by atoms with Crippen LogP contribution in [-0.2, 0) is 0 Å². The van der Waals surface area contributed by atoms with Gasteiger partial charge in [0, 0.05) is 24.4 Å². The normalized spacial score (nSPS) is 14.5. The zero-order valence-electron chi connectivity index (χ0n) is 8.19. The van der Waals surface area contributed by atoms with Crippen molar-refractivity contribution in [2.75, 3.05) is 6.54 Å². The predicted molar refractivity (Wildman–Crippen MR) is 78.0 cm³/mol. The summed E-state index contributed by atoms with van der Waals surface area (Å²) in [6.07, 6.45) is 0. The number of benzene rings is 1. The third kappa shape index (κ3) is 1.86. The molecule has 3 nitrogen and oxygen atoms in total. The van der Waals surface area contributed by atoms with Crippen LogP contribution in [0.25, 0.3) is 0 Å². The molecule has 89 valence electrons. The highest BCUT2D eigenvalue weighted by Crippen LogP contribution is 2.45. The highest BCUT2D eigenvalue weighted by Gasteiger charge is 2.39. The third-order valence-electron chi connectivity index (χ3n) is 2.41. The molecule has 0 saturated heterocycles. The topological polar surface area (TPSA) is 37.4 Å². The fourth-order valence-corrected chi connectivity index (χ4v) is 4.06. The van der Waals surface area contributed by atoms with Crippen LogP contribution in [-0.4, -0.2) is 23.3 Å². The second-order valence-corrected chi connectivity index (χ2v) is 6.44. The lowest BCUT2D eigenvalue weighted by Gasteiger charge is -2.08. The molecule has 0 fully saturated rings. The van der Waals surface area contributed by atoms with Crippen molar-refractivity contribution in [1.29, 1.82) is 0 Å². The van der Waals surface area contributed by atoms with Gasteiger partial charge in [-0.25, -0.2) is 0 Å². The number of nitrogens with zero attached hydrogens (tertiary/aromatic N) is 1. The van der Waals surface area contributed by atoms with Crippen molar-refractivity contribution in [2.24, 2.45) is 0 Å². The number of hydrogen-bond donors (Lipinski definition) is 0. The molecule has 0 aromatic heterocycles. The van der Waals surface area contributed by atoms with E-state index in [1.807, 2.05) is 0 Å². The summed E-state index contributed by atoms with van der Waals surface area (Å²) in [6.45, 7) is 3.70. The molecule has 1 aliphatic heterocycles. The lowest BCUT2D eigenvalue weighted by molar-refractivity contribution is 0.0670. The summed E-state index contributed by atoms with van der Waals surface area (Å²) in [5, 5.41) is 0. The molecule has 0 aliphatic carbocycles. The van der Waals surface area contributed by atoms with E-state index in [0.29, 0.717) is 29.0 Å². The summed E-state index contributed by atoms with van der Waals surface area (Å²) in [6, 6.07) is 0. The van der Waals surface area contributed by atoms with Crippen molar-refractivity contribution < 1.29 is 9.59 Å². The number of hydrogen-bond acceptors (Lipinski definition) is 2. The van der Waals surface area contributed by atoms with Crippen LogP contribution in [0.2, 0.25) is 0 Å². The maximum atomic E-state index is 12.1. The van der Waals surface area contributed by atoms with Crippen LogP contribution in [0.15, 0.2) is 17.9 Å². The van der Waals surface area contributed by atoms with Crippen molar-refractivity contribution in [2.45, 2.75) is 0 Å². The quantitative estimate of drug-likeness (QED) is 0.337. The van der Waals surface area contributed by atoms with Gasteiger partial charge in [0.2, 0.25) is 0 Å². The molecule has 2 rings (SSSR count). The molecule has 1 radical (unpaired) electrons. The van der Waals surface area contributed by atoms with Crippen molar-refractivity contribution in [3.8, 4) is 0 Å². The van der Waals surface area contributed by atoms with Gasteiger partial charge in [0.15, 0.2) is 0 Å². The zero-order chi connectivity index (χ0) is 12.9. The highest BCUT2D eigenvalue weighted by molar-refractivity contribution is 9.15. The molecule has 0 unspecified atom stereocenters. The van der Waals surface area contributed by atoms with Crippen LogP contribution >= 0.6 is 63.7 Å². The molecule has 0 bridgehead atoms. The lowest BCUT2D eigenvalue weighted by atomic mass is 10.1. The summed E-state index contributed by atoms with van der Waals surface area (Å²) in [5.41, 5.74) is 0.723. The molecular weight excluding hydrogens is 486 g/mol. The maximum absolute atomic E-state index is 12.1. The molecule has 1 heterocycles. The van der Waals surface area contributed by atoms with Crippen molar-refractivity contribution in [1.82, 2.24) is 4.90 Å². The Kier molecular flexibility index (Phi) is 3.83. The van der Waals surface area contributed by atoms with Gasteiger partial charge < -0.3 is 0 Å². The number of halogens is 4. The van der Waals surface area contributed by atoms with Gasteiger partial charge in [-0.2, -0.15) is 0 Å². The van der Waals surface area contributed by atoms with Crippen LogP contribution in [0.4, 0.5) is 0 Å². The molecule has 0 saturated carbocycles. The number of imide groups is 1. The zero-order valence-corrected chi connectivity index (χ0v) is 14.5. The molecule has 1 aliphatic rings. The van der Waals surface area contributed by atoms with E-state index in [2.05, 4.69) is 70.6 Å². The fraction of sp³-hybridized carbons (Fsp3) is 0.100. The first kappa shape index (κ1) is 13.7. The number of carbonyl (C=O) groups excluding carboxylic acids is 2. The average molecular weight is 490 g/mol. The van der Waals surface area contributed by atoms with Crippen molar-refractivity contribution in [3.05, 3.63) is 35.9 Å². The van der Waals surface area contributed by atoms with Gasteiger partial charge in [-0.15, -0.1) is 0 Å². The number of carbonyl (C=O) groups is 2. The summed E-state index contributed by atoms with van der Waals surface area (Å²) in [5.74, 6) is -0.665. The largest absolute Gasteiger partial charge is 0.274 e. The van der Waals surface area contributed by atoms with E-state index < -0.39 is 0 Å². The SMILES string of the molecule is [CH2]CN1C(=O)c2c(Br)c(Br)c(Br)c(Br)c2C1=O. The molecule has 7 heteroatoms. The van der Waals surface area contributed by atoms with Crippen LogP contribution in [0, 0.1) is 6.92 Å². The maximum Gasteiger partial charge on any atom is 0.262 e. The Labute approximate surface area is 131 Å². The Morgan fingerprint density at radius 2 is 1.18 bits per heavy atom. The minimum Gasteiger partial charge on any atom is -0.274 e. The van der Waals surface area contributed by atoms with Crippen molar-refractivity contribution in [3.63, 3.8) is 0 Å². The van der Waals surface area contributed by atoms with E-state index in [9.17, 15) is 9.59 Å². The van der Waals surface area contributed by atoms with E-state index in [1.165, 1.54) is 0 Å². The Morgan fingerprint density at radius 3 is 1.47 bits per heavy atom. The van der Waals surface area contributed by atoms with E-state index in [4.69, 9.17) is 0 Å². The Hall–Kier alpha value is 0.280. The Balaban J connectivity index is 2.84. The Bertz CT molecular complexity index is 509. The average Bonchev–Trinajstić information content (AvgIpc) is 2.55. The Morgan fingerprint density at radius 1 is 0.824 bits per heavy atom. The number of fused-ring (bicyclic) bond motifs is 1. The molecule has 1 aromatic carbocycles. The summed E-state index contributed by atoms with van der Waals surface area (Å²) >= 11 is 13.3. The van der Waals surface area contributed by atoms with Gasteiger partial charge in [-0.3, -0.25) is 14.5 Å². The van der Waals surface area contributed by atoms with Crippen LogP contribution in [0.5, 0.6) is 0 Å². The van der Waals surface area contributed by atoms with Crippen molar-refractivity contribution >= 4 is 75.5 Å². The van der Waals surface area contributed by atoms with Gasteiger partial charge in [-0.05, 0) is 70.6 Å². The minimum atomic E-state index is -0.333. The molecule has 0 N–H and O–H groups in total. The standard InChI is InChI=1S/C10H4Br4NO2/c1-2-15-9(16)3-4(10(15)17)6(12)8(14)7(13)5(3)11/h1-2H2. The lowest BCUT2D eigenvalue weighted by Crippen LogP contribution is -2.29. The second-order valence-electron chi connectivity index (χ2n) is 3.27. The summed E-state index contributed by atoms with van der Waals surface area (Å²) < 4.78 is 2.51. The minimum absolute atomic E-state index is 0.112. The van der Waals surface area contributed by atoms with E-state index in [1.54, 1.807) is 0 Å². The molecule has 17 heavy (non-hydrogen) atoms.